The topological polar surface area (TPSA) is 57.6 Å². The third-order valence-corrected chi connectivity index (χ3v) is 5.33. The lowest BCUT2D eigenvalue weighted by Crippen LogP contribution is -2.28. The van der Waals surface area contributed by atoms with Crippen molar-refractivity contribution in [2.75, 3.05) is 13.6 Å². The van der Waals surface area contributed by atoms with Crippen molar-refractivity contribution in [2.45, 2.75) is 36.3 Å². The molecule has 2 aromatic rings. The first-order valence-electron chi connectivity index (χ1n) is 8.77. The van der Waals surface area contributed by atoms with Gasteiger partial charge in [0.2, 0.25) is 0 Å². The van der Waals surface area contributed by atoms with E-state index in [0.717, 1.165) is 19.3 Å². The fourth-order valence-electron chi connectivity index (χ4n) is 2.62. The molecule has 0 saturated carbocycles. The summed E-state index contributed by atoms with van der Waals surface area (Å²) in [4.78, 5) is 26.3. The van der Waals surface area contributed by atoms with E-state index in [-0.39, 0.29) is 5.91 Å². The number of thioether (sulfide) groups is 1. The summed E-state index contributed by atoms with van der Waals surface area (Å²) in [6.45, 7) is 2.31. The molecule has 0 spiro atoms. The molecule has 1 atom stereocenters. The predicted molar refractivity (Wildman–Crippen MR) is 106 cm³/mol. The molecule has 0 aliphatic carbocycles. The van der Waals surface area contributed by atoms with E-state index in [9.17, 15) is 9.59 Å². The first kappa shape index (κ1) is 20.0. The van der Waals surface area contributed by atoms with E-state index in [1.807, 2.05) is 30.3 Å². The Morgan fingerprint density at radius 1 is 1.04 bits per heavy atom. The van der Waals surface area contributed by atoms with E-state index < -0.39 is 11.2 Å². The van der Waals surface area contributed by atoms with Gasteiger partial charge in [0.05, 0.1) is 5.56 Å². The van der Waals surface area contributed by atoms with Gasteiger partial charge in [-0.05, 0) is 43.9 Å². The second kappa shape index (κ2) is 10.0. The summed E-state index contributed by atoms with van der Waals surface area (Å²) < 4.78 is 0. The molecule has 26 heavy (non-hydrogen) atoms. The molecule has 2 rings (SSSR count). The first-order valence-corrected chi connectivity index (χ1v) is 9.65. The molecule has 1 amide bonds. The largest absolute Gasteiger partial charge is 0.480 e. The van der Waals surface area contributed by atoms with Gasteiger partial charge in [-0.15, -0.1) is 11.8 Å². The molecular formula is C21H25NO3S. The maximum Gasteiger partial charge on any atom is 0.316 e. The van der Waals surface area contributed by atoms with Crippen molar-refractivity contribution in [1.82, 2.24) is 4.90 Å². The van der Waals surface area contributed by atoms with Gasteiger partial charge in [0.1, 0.15) is 5.25 Å². The van der Waals surface area contributed by atoms with Crippen LogP contribution < -0.4 is 0 Å². The second-order valence-corrected chi connectivity index (χ2v) is 7.65. The molecule has 2 aromatic carbocycles. The van der Waals surface area contributed by atoms with E-state index >= 15 is 0 Å². The van der Waals surface area contributed by atoms with Gasteiger partial charge in [-0.3, -0.25) is 9.59 Å². The zero-order valence-corrected chi connectivity index (χ0v) is 16.0. The normalized spacial score (nSPS) is 11.8. The summed E-state index contributed by atoms with van der Waals surface area (Å²) in [5.41, 5.74) is 1.88. The Morgan fingerprint density at radius 3 is 2.38 bits per heavy atom. The average Bonchev–Trinajstić information content (AvgIpc) is 2.65. The standard InChI is InChI=1S/C21H25NO3S/c1-16(21(24)25)26-19-14-7-6-13-18(19)20(23)22(2)15-9-8-12-17-10-4-3-5-11-17/h3-7,10-11,13-14,16H,8-9,12,15H2,1-2H3,(H,24,25). The number of carboxylic acids is 1. The molecule has 0 aliphatic heterocycles. The van der Waals surface area contributed by atoms with Gasteiger partial charge in [-0.25, -0.2) is 0 Å². The summed E-state index contributed by atoms with van der Waals surface area (Å²) in [5, 5.41) is 8.51. The summed E-state index contributed by atoms with van der Waals surface area (Å²) in [7, 11) is 1.80. The Labute approximate surface area is 159 Å². The molecule has 0 aromatic heterocycles. The fraction of sp³-hybridized carbons (Fsp3) is 0.333. The van der Waals surface area contributed by atoms with Crippen LogP contribution in [0.1, 0.15) is 35.7 Å². The van der Waals surface area contributed by atoms with Crippen molar-refractivity contribution in [3.63, 3.8) is 0 Å². The molecule has 0 radical (unpaired) electrons. The van der Waals surface area contributed by atoms with Crippen LogP contribution in [0, 0.1) is 0 Å². The highest BCUT2D eigenvalue weighted by atomic mass is 32.2. The fourth-order valence-corrected chi connectivity index (χ4v) is 3.54. The number of carbonyl (C=O) groups is 2. The van der Waals surface area contributed by atoms with E-state index in [0.29, 0.717) is 17.0 Å². The second-order valence-electron chi connectivity index (χ2n) is 6.26. The Kier molecular flexibility index (Phi) is 7.73. The quantitative estimate of drug-likeness (QED) is 0.526. The van der Waals surface area contributed by atoms with Crippen molar-refractivity contribution in [1.29, 1.82) is 0 Å². The molecule has 4 nitrogen and oxygen atoms in total. The Balaban J connectivity index is 1.90. The van der Waals surface area contributed by atoms with Gasteiger partial charge in [-0.1, -0.05) is 42.5 Å². The van der Waals surface area contributed by atoms with Gasteiger partial charge in [0, 0.05) is 18.5 Å². The van der Waals surface area contributed by atoms with Crippen LogP contribution in [0.25, 0.3) is 0 Å². The molecule has 1 N–H and O–H groups in total. The SMILES string of the molecule is CC(Sc1ccccc1C(=O)N(C)CCCCc1ccccc1)C(=O)O. The monoisotopic (exact) mass is 371 g/mol. The maximum absolute atomic E-state index is 12.7. The summed E-state index contributed by atoms with van der Waals surface area (Å²) >= 11 is 1.20. The van der Waals surface area contributed by atoms with Crippen LogP contribution in [0.3, 0.4) is 0 Å². The summed E-state index contributed by atoms with van der Waals surface area (Å²) in [6, 6.07) is 17.5. The van der Waals surface area contributed by atoms with Crippen LogP contribution in [0.5, 0.6) is 0 Å². The average molecular weight is 372 g/mol. The Morgan fingerprint density at radius 2 is 1.69 bits per heavy atom. The highest BCUT2D eigenvalue weighted by molar-refractivity contribution is 8.00. The third-order valence-electron chi connectivity index (χ3n) is 4.17. The molecule has 138 valence electrons. The number of benzene rings is 2. The molecule has 1 unspecified atom stereocenters. The number of hydrogen-bond acceptors (Lipinski definition) is 3. The number of aliphatic carboxylic acids is 1. The van der Waals surface area contributed by atoms with Gasteiger partial charge in [0.15, 0.2) is 0 Å². The molecule has 0 saturated heterocycles. The minimum atomic E-state index is -0.883. The number of unbranched alkanes of at least 4 members (excludes halogenated alkanes) is 1. The molecule has 0 aliphatic rings. The Hall–Kier alpha value is -2.27. The molecule has 0 fully saturated rings. The zero-order valence-electron chi connectivity index (χ0n) is 15.2. The zero-order chi connectivity index (χ0) is 18.9. The van der Waals surface area contributed by atoms with Crippen LogP contribution in [0.2, 0.25) is 0 Å². The maximum atomic E-state index is 12.7. The minimum absolute atomic E-state index is 0.0644. The van der Waals surface area contributed by atoms with Crippen LogP contribution in [-0.2, 0) is 11.2 Å². The molecule has 0 heterocycles. The van der Waals surface area contributed by atoms with Gasteiger partial charge < -0.3 is 10.0 Å². The number of carboxylic acid groups (broad SMARTS) is 1. The van der Waals surface area contributed by atoms with Gasteiger partial charge in [-0.2, -0.15) is 0 Å². The lowest BCUT2D eigenvalue weighted by atomic mass is 10.1. The summed E-state index contributed by atoms with van der Waals surface area (Å²) in [5.74, 6) is -0.947. The van der Waals surface area contributed by atoms with Crippen molar-refractivity contribution in [3.05, 3.63) is 65.7 Å². The number of amides is 1. The first-order chi connectivity index (χ1) is 12.5. The van der Waals surface area contributed by atoms with Crippen molar-refractivity contribution < 1.29 is 14.7 Å². The van der Waals surface area contributed by atoms with Gasteiger partial charge >= 0.3 is 5.97 Å². The van der Waals surface area contributed by atoms with E-state index in [1.54, 1.807) is 31.0 Å². The lowest BCUT2D eigenvalue weighted by molar-refractivity contribution is -0.136. The van der Waals surface area contributed by atoms with Crippen LogP contribution in [0.4, 0.5) is 0 Å². The van der Waals surface area contributed by atoms with E-state index in [1.165, 1.54) is 17.3 Å². The number of carbonyl (C=O) groups excluding carboxylic acids is 1. The molecular weight excluding hydrogens is 346 g/mol. The molecule has 5 heteroatoms. The smallest absolute Gasteiger partial charge is 0.316 e. The third kappa shape index (κ3) is 5.92. The van der Waals surface area contributed by atoms with Crippen molar-refractivity contribution >= 4 is 23.6 Å². The molecule has 0 bridgehead atoms. The number of aryl methyl sites for hydroxylation is 1. The highest BCUT2D eigenvalue weighted by Gasteiger charge is 2.19. The summed E-state index contributed by atoms with van der Waals surface area (Å²) in [6.07, 6.45) is 2.96. The lowest BCUT2D eigenvalue weighted by Gasteiger charge is -2.19. The van der Waals surface area contributed by atoms with Crippen LogP contribution in [-0.4, -0.2) is 40.7 Å². The highest BCUT2D eigenvalue weighted by Crippen LogP contribution is 2.27. The van der Waals surface area contributed by atoms with E-state index in [2.05, 4.69) is 12.1 Å². The van der Waals surface area contributed by atoms with Gasteiger partial charge in [0.25, 0.3) is 5.91 Å². The van der Waals surface area contributed by atoms with Crippen LogP contribution >= 0.6 is 11.8 Å². The Bertz CT molecular complexity index is 733. The van der Waals surface area contributed by atoms with Crippen LogP contribution in [0.15, 0.2) is 59.5 Å². The minimum Gasteiger partial charge on any atom is -0.480 e. The van der Waals surface area contributed by atoms with Crippen molar-refractivity contribution in [3.8, 4) is 0 Å². The number of rotatable bonds is 9. The van der Waals surface area contributed by atoms with E-state index in [4.69, 9.17) is 5.11 Å². The predicted octanol–water partition coefficient (Wildman–Crippen LogP) is 4.35. The number of hydrogen-bond donors (Lipinski definition) is 1. The van der Waals surface area contributed by atoms with Crippen molar-refractivity contribution in [2.24, 2.45) is 0 Å². The number of nitrogens with zero attached hydrogens (tertiary/aromatic N) is 1.